The highest BCUT2D eigenvalue weighted by molar-refractivity contribution is 7.26. The van der Waals surface area contributed by atoms with Crippen molar-refractivity contribution in [1.29, 1.82) is 0 Å². The zero-order chi connectivity index (χ0) is 37.0. The molecule has 5 heteroatoms. The average molecular weight is 750 g/mol. The summed E-state index contributed by atoms with van der Waals surface area (Å²) in [6, 6.07) is 63.0. The summed E-state index contributed by atoms with van der Waals surface area (Å²) in [7, 11) is 0. The molecule has 4 aromatic heterocycles. The molecular formula is C51H31N3S2. The van der Waals surface area contributed by atoms with Crippen LogP contribution in [-0.4, -0.2) is 15.0 Å². The van der Waals surface area contributed by atoms with Gasteiger partial charge >= 0.3 is 0 Å². The second-order valence-electron chi connectivity index (χ2n) is 14.0. The van der Waals surface area contributed by atoms with E-state index in [0.717, 1.165) is 50.3 Å². The van der Waals surface area contributed by atoms with Crippen molar-refractivity contribution in [2.75, 3.05) is 0 Å². The lowest BCUT2D eigenvalue weighted by atomic mass is 9.92. The van der Waals surface area contributed by atoms with Crippen LogP contribution in [0.4, 0.5) is 0 Å². The Morgan fingerprint density at radius 3 is 1.46 bits per heavy atom. The van der Waals surface area contributed by atoms with Gasteiger partial charge in [0, 0.05) is 69.4 Å². The van der Waals surface area contributed by atoms with Gasteiger partial charge in [0.1, 0.15) is 0 Å². The van der Waals surface area contributed by atoms with E-state index in [1.807, 2.05) is 53.3 Å². The van der Waals surface area contributed by atoms with Crippen LogP contribution < -0.4 is 0 Å². The molecule has 0 radical (unpaired) electrons. The molecule has 0 fully saturated rings. The molecule has 11 rings (SSSR count). The van der Waals surface area contributed by atoms with Crippen LogP contribution in [-0.2, 0) is 0 Å². The molecule has 0 saturated heterocycles. The summed E-state index contributed by atoms with van der Waals surface area (Å²) in [5, 5.41) is 5.15. The molecule has 0 amide bonds. The van der Waals surface area contributed by atoms with Crippen molar-refractivity contribution >= 4 is 63.0 Å². The number of nitrogens with zero attached hydrogens (tertiary/aromatic N) is 3. The van der Waals surface area contributed by atoms with Crippen LogP contribution in [0.1, 0.15) is 0 Å². The third kappa shape index (κ3) is 5.60. The van der Waals surface area contributed by atoms with E-state index in [2.05, 4.69) is 163 Å². The first-order chi connectivity index (χ1) is 27.7. The quantitative estimate of drug-likeness (QED) is 0.170. The first-order valence-corrected chi connectivity index (χ1v) is 20.3. The molecule has 7 aromatic carbocycles. The standard InChI is InChI=1S/C51H31N3S2/c1-2-12-33(13-3-1)51-53-45(31-46(54-51)40-15-5-4-14-37(40)32-24-26-52-27-25-32)36-29-34(38-18-10-20-43-41-16-6-8-22-47(41)55-49(38)43)28-35(30-36)39-19-11-21-44-42-17-7-9-23-48(42)56-50(39)44/h1-31H. The molecule has 3 nitrogen and oxygen atoms in total. The van der Waals surface area contributed by atoms with Crippen molar-refractivity contribution in [2.24, 2.45) is 0 Å². The second-order valence-corrected chi connectivity index (χ2v) is 16.1. The van der Waals surface area contributed by atoms with Gasteiger partial charge in [-0.1, -0.05) is 127 Å². The number of thiophene rings is 2. The Kier molecular flexibility index (Phi) is 7.87. The van der Waals surface area contributed by atoms with E-state index < -0.39 is 0 Å². The molecule has 0 spiro atoms. The third-order valence-electron chi connectivity index (χ3n) is 10.6. The van der Waals surface area contributed by atoms with Crippen LogP contribution in [0.5, 0.6) is 0 Å². The molecule has 0 aliphatic carbocycles. The maximum atomic E-state index is 5.35. The molecule has 0 unspecified atom stereocenters. The summed E-state index contributed by atoms with van der Waals surface area (Å²) in [4.78, 5) is 14.9. The van der Waals surface area contributed by atoms with Crippen molar-refractivity contribution in [3.8, 4) is 67.3 Å². The van der Waals surface area contributed by atoms with Gasteiger partial charge in [-0.3, -0.25) is 4.98 Å². The normalized spacial score (nSPS) is 11.6. The van der Waals surface area contributed by atoms with Crippen molar-refractivity contribution in [2.45, 2.75) is 0 Å². The van der Waals surface area contributed by atoms with Gasteiger partial charge in [0.25, 0.3) is 0 Å². The van der Waals surface area contributed by atoms with E-state index in [0.29, 0.717) is 5.82 Å². The number of aromatic nitrogens is 3. The van der Waals surface area contributed by atoms with Crippen LogP contribution in [0.2, 0.25) is 0 Å². The highest BCUT2D eigenvalue weighted by Gasteiger charge is 2.19. The van der Waals surface area contributed by atoms with Gasteiger partial charge in [0.2, 0.25) is 0 Å². The average Bonchev–Trinajstić information content (AvgIpc) is 3.85. The van der Waals surface area contributed by atoms with Crippen LogP contribution >= 0.6 is 22.7 Å². The van der Waals surface area contributed by atoms with E-state index >= 15 is 0 Å². The number of pyridine rings is 1. The molecular weight excluding hydrogens is 719 g/mol. The smallest absolute Gasteiger partial charge is 0.160 e. The van der Waals surface area contributed by atoms with Crippen molar-refractivity contribution in [3.05, 3.63) is 188 Å². The number of hydrogen-bond acceptors (Lipinski definition) is 5. The Morgan fingerprint density at radius 2 is 0.821 bits per heavy atom. The zero-order valence-corrected chi connectivity index (χ0v) is 31.7. The number of rotatable bonds is 6. The van der Waals surface area contributed by atoms with E-state index in [1.54, 1.807) is 0 Å². The Morgan fingerprint density at radius 1 is 0.321 bits per heavy atom. The Bertz CT molecular complexity index is 3120. The monoisotopic (exact) mass is 749 g/mol. The highest BCUT2D eigenvalue weighted by atomic mass is 32.1. The number of hydrogen-bond donors (Lipinski definition) is 0. The SMILES string of the molecule is c1ccc(-c2nc(-c3cc(-c4cccc5c4sc4ccccc45)cc(-c4cccc5c4sc4ccccc45)c3)cc(-c3ccccc3-c3ccncc3)n2)cc1. The minimum atomic E-state index is 0.688. The van der Waals surface area contributed by atoms with Crippen molar-refractivity contribution < 1.29 is 0 Å². The Balaban J connectivity index is 1.19. The molecule has 4 heterocycles. The van der Waals surface area contributed by atoms with Crippen LogP contribution in [0.15, 0.2) is 188 Å². The fourth-order valence-corrected chi connectivity index (χ4v) is 10.5. The topological polar surface area (TPSA) is 38.7 Å². The fourth-order valence-electron chi connectivity index (χ4n) is 7.97. The van der Waals surface area contributed by atoms with Crippen LogP contribution in [0, 0.1) is 0 Å². The van der Waals surface area contributed by atoms with Crippen LogP contribution in [0.25, 0.3) is 108 Å². The molecule has 0 N–H and O–H groups in total. The first kappa shape index (κ1) is 32.6. The van der Waals surface area contributed by atoms with E-state index in [9.17, 15) is 0 Å². The molecule has 0 saturated carbocycles. The van der Waals surface area contributed by atoms with Gasteiger partial charge in [0.15, 0.2) is 5.82 Å². The Labute approximate surface area is 331 Å². The molecule has 56 heavy (non-hydrogen) atoms. The lowest BCUT2D eigenvalue weighted by Crippen LogP contribution is -1.97. The van der Waals surface area contributed by atoms with Gasteiger partial charge in [0.05, 0.1) is 11.4 Å². The highest BCUT2D eigenvalue weighted by Crippen LogP contribution is 2.45. The summed E-state index contributed by atoms with van der Waals surface area (Å²) in [6.45, 7) is 0. The molecule has 0 bridgehead atoms. The molecule has 0 atom stereocenters. The molecule has 11 aromatic rings. The zero-order valence-electron chi connectivity index (χ0n) is 30.1. The predicted octanol–water partition coefficient (Wildman–Crippen LogP) is 14.6. The predicted molar refractivity (Wildman–Crippen MR) is 238 cm³/mol. The van der Waals surface area contributed by atoms with Gasteiger partial charge in [-0.2, -0.15) is 0 Å². The van der Waals surface area contributed by atoms with Gasteiger partial charge in [-0.05, 0) is 81.9 Å². The Hall–Kier alpha value is -6.79. The van der Waals surface area contributed by atoms with E-state index in [1.165, 1.54) is 51.5 Å². The number of fused-ring (bicyclic) bond motifs is 6. The van der Waals surface area contributed by atoms with E-state index in [-0.39, 0.29) is 0 Å². The van der Waals surface area contributed by atoms with Gasteiger partial charge < -0.3 is 0 Å². The van der Waals surface area contributed by atoms with E-state index in [4.69, 9.17) is 9.97 Å². The maximum Gasteiger partial charge on any atom is 0.160 e. The largest absolute Gasteiger partial charge is 0.265 e. The first-order valence-electron chi connectivity index (χ1n) is 18.7. The maximum absolute atomic E-state index is 5.35. The summed E-state index contributed by atoms with van der Waals surface area (Å²) in [5.74, 6) is 0.688. The fraction of sp³-hybridized carbons (Fsp3) is 0. The molecule has 262 valence electrons. The van der Waals surface area contributed by atoms with Crippen molar-refractivity contribution in [1.82, 2.24) is 15.0 Å². The van der Waals surface area contributed by atoms with Crippen molar-refractivity contribution in [3.63, 3.8) is 0 Å². The summed E-state index contributed by atoms with van der Waals surface area (Å²) >= 11 is 3.73. The van der Waals surface area contributed by atoms with Gasteiger partial charge in [-0.15, -0.1) is 22.7 Å². The summed E-state index contributed by atoms with van der Waals surface area (Å²) < 4.78 is 5.16. The lowest BCUT2D eigenvalue weighted by molar-refractivity contribution is 1.18. The second kappa shape index (κ2) is 13.5. The third-order valence-corrected chi connectivity index (χ3v) is 13.1. The molecule has 0 aliphatic rings. The minimum Gasteiger partial charge on any atom is -0.265 e. The van der Waals surface area contributed by atoms with Crippen LogP contribution in [0.3, 0.4) is 0 Å². The number of benzene rings is 7. The minimum absolute atomic E-state index is 0.688. The molecule has 0 aliphatic heterocycles. The lowest BCUT2D eigenvalue weighted by Gasteiger charge is -2.15. The summed E-state index contributed by atoms with van der Waals surface area (Å²) in [6.07, 6.45) is 3.68. The van der Waals surface area contributed by atoms with Gasteiger partial charge in [-0.25, -0.2) is 9.97 Å². The summed E-state index contributed by atoms with van der Waals surface area (Å²) in [5.41, 5.74) is 11.7.